The van der Waals surface area contributed by atoms with Gasteiger partial charge in [0.25, 0.3) is 0 Å². The van der Waals surface area contributed by atoms with Crippen LogP contribution in [0.2, 0.25) is 0 Å². The van der Waals surface area contributed by atoms with Gasteiger partial charge in [0.15, 0.2) is 13.9 Å². The zero-order valence-electron chi connectivity index (χ0n) is 46.7. The fraction of sp³-hybridized carbons (Fsp3) is 0.260. The number of nitrogens with zero attached hydrogens (tertiary/aromatic N) is 4. The van der Waals surface area contributed by atoms with Crippen molar-refractivity contribution in [3.8, 4) is 50.5 Å². The topological polar surface area (TPSA) is 43.6 Å². The van der Waals surface area contributed by atoms with Crippen LogP contribution in [-0.2, 0) is 10.8 Å². The Labute approximate surface area is 483 Å². The minimum absolute atomic E-state index is 0.00435. The maximum Gasteiger partial charge on any atom is 0.179 e. The van der Waals surface area contributed by atoms with E-state index in [4.69, 9.17) is 15.0 Å². The molecule has 19 rings (SSSR count). The number of rotatable bonds is 11. The fourth-order valence-electron chi connectivity index (χ4n) is 18.7. The lowest BCUT2D eigenvalue weighted by Gasteiger charge is -2.57. The van der Waals surface area contributed by atoms with Crippen molar-refractivity contribution in [2.24, 2.45) is 35.5 Å². The molecular formula is C77H68N4Si. The zero-order chi connectivity index (χ0) is 54.0. The Morgan fingerprint density at radius 3 is 1.10 bits per heavy atom. The Bertz CT molecular complexity index is 3900. The van der Waals surface area contributed by atoms with Gasteiger partial charge in [-0.2, -0.15) is 0 Å². The minimum Gasteiger partial charge on any atom is -0.308 e. The van der Waals surface area contributed by atoms with Crippen molar-refractivity contribution in [2.75, 3.05) is 0 Å². The molecule has 0 spiro atoms. The van der Waals surface area contributed by atoms with Crippen molar-refractivity contribution in [3.05, 3.63) is 242 Å². The molecule has 400 valence electrons. The highest BCUT2D eigenvalue weighted by molar-refractivity contribution is 7.19. The largest absolute Gasteiger partial charge is 0.308 e. The number of benzene rings is 9. The minimum atomic E-state index is -2.84. The summed E-state index contributed by atoms with van der Waals surface area (Å²) in [6, 6.07) is 86.9. The maximum absolute atomic E-state index is 6.04. The van der Waals surface area contributed by atoms with Crippen LogP contribution in [0.3, 0.4) is 0 Å². The average Bonchev–Trinajstić information content (AvgIpc) is 2.98. The number of hydrogen-bond donors (Lipinski definition) is 0. The summed E-state index contributed by atoms with van der Waals surface area (Å²) in [7, 11) is -2.84. The second kappa shape index (κ2) is 19.0. The van der Waals surface area contributed by atoms with Crippen molar-refractivity contribution >= 4 is 50.6 Å². The molecule has 0 atom stereocenters. The van der Waals surface area contributed by atoms with Crippen molar-refractivity contribution < 1.29 is 0 Å². The molecule has 0 aliphatic heterocycles. The van der Waals surface area contributed by atoms with Crippen molar-refractivity contribution in [2.45, 2.75) is 87.9 Å². The smallest absolute Gasteiger partial charge is 0.179 e. The van der Waals surface area contributed by atoms with Gasteiger partial charge in [-0.3, -0.25) is 0 Å². The molecule has 8 bridgehead atoms. The molecule has 0 radical (unpaired) electrons. The van der Waals surface area contributed by atoms with Gasteiger partial charge >= 0.3 is 0 Å². The van der Waals surface area contributed by atoms with Gasteiger partial charge in [-0.25, -0.2) is 15.0 Å². The predicted molar refractivity (Wildman–Crippen MR) is 339 cm³/mol. The van der Waals surface area contributed by atoms with Crippen molar-refractivity contribution in [1.29, 1.82) is 0 Å². The molecule has 2 heterocycles. The Morgan fingerprint density at radius 2 is 0.671 bits per heavy atom. The Kier molecular flexibility index (Phi) is 11.3. The summed E-state index contributed by atoms with van der Waals surface area (Å²) in [5.41, 5.74) is 11.8. The van der Waals surface area contributed by atoms with Gasteiger partial charge in [0.05, 0.1) is 16.7 Å². The van der Waals surface area contributed by atoms with Gasteiger partial charge in [-0.15, -0.1) is 0 Å². The SMILES string of the molecule is c1ccc(-c2ccc3c(c2)c2cc(-c4ccccc4)ccc2n3-c2ccc(-c3cccc([Si](c4ccccc4)(c4ccccc4)c4ccccc4)c3)cc2-c2nc(C34CC5CC(CC(C5)C3)C4)nc(C34CC5CC(CC(C5)C3)C4)n2)cc1. The van der Waals surface area contributed by atoms with Crippen molar-refractivity contribution in [1.82, 2.24) is 19.5 Å². The van der Waals surface area contributed by atoms with Gasteiger partial charge in [0.2, 0.25) is 0 Å². The highest BCUT2D eigenvalue weighted by Crippen LogP contribution is 2.63. The first-order chi connectivity index (χ1) is 40.4. The molecule has 8 aliphatic carbocycles. The predicted octanol–water partition coefficient (Wildman–Crippen LogP) is 15.9. The zero-order valence-corrected chi connectivity index (χ0v) is 47.7. The van der Waals surface area contributed by atoms with Crippen LogP contribution in [0.4, 0.5) is 0 Å². The van der Waals surface area contributed by atoms with E-state index in [1.54, 1.807) is 0 Å². The van der Waals surface area contributed by atoms with E-state index in [9.17, 15) is 0 Å². The highest BCUT2D eigenvalue weighted by atomic mass is 28.3. The average molecular weight is 1080 g/mol. The highest BCUT2D eigenvalue weighted by Gasteiger charge is 2.56. The molecule has 5 heteroatoms. The van der Waals surface area contributed by atoms with Crippen LogP contribution >= 0.6 is 0 Å². The van der Waals surface area contributed by atoms with Gasteiger partial charge < -0.3 is 4.57 Å². The summed E-state index contributed by atoms with van der Waals surface area (Å²) in [6.07, 6.45) is 15.7. The fourth-order valence-corrected chi connectivity index (χ4v) is 23.5. The third-order valence-electron chi connectivity index (χ3n) is 21.4. The lowest BCUT2D eigenvalue weighted by Crippen LogP contribution is -2.74. The first-order valence-electron chi connectivity index (χ1n) is 30.8. The van der Waals surface area contributed by atoms with E-state index < -0.39 is 8.07 Å². The quantitative estimate of drug-likeness (QED) is 0.0958. The van der Waals surface area contributed by atoms with Crippen LogP contribution in [-0.4, -0.2) is 27.6 Å². The van der Waals surface area contributed by atoms with E-state index >= 15 is 0 Å². The molecular weight excluding hydrogens is 1010 g/mol. The third-order valence-corrected chi connectivity index (χ3v) is 26.1. The molecule has 11 aromatic rings. The molecule has 0 saturated heterocycles. The summed E-state index contributed by atoms with van der Waals surface area (Å²) < 4.78 is 2.56. The van der Waals surface area contributed by atoms with E-state index in [2.05, 4.69) is 235 Å². The summed E-state index contributed by atoms with van der Waals surface area (Å²) in [5, 5.41) is 7.95. The standard InChI is InChI=1S/C77H68N4Si/c1-6-17-57(18-7-1)60-29-32-70-67(42-60)68-43-61(58-19-8-2-9-20-58)30-33-71(68)81(70)72-34-31-62(59-21-16-28-66(41-59)82(63-22-10-3-11-23-63,64-24-12-4-13-25-64)65-26-14-5-15-27-65)44-69(72)73-78-74(76-45-51-35-52(46-76)37-53(36-51)47-76)80-75(79-73)77-48-54-38-55(49-77)40-56(39-54)50-77/h1-34,41-44,51-56H,35-40,45-50H2. The summed E-state index contributed by atoms with van der Waals surface area (Å²) in [6.45, 7) is 0. The van der Waals surface area contributed by atoms with E-state index in [-0.39, 0.29) is 10.8 Å². The summed E-state index contributed by atoms with van der Waals surface area (Å²) >= 11 is 0. The Hall–Kier alpha value is -7.99. The second-order valence-corrected chi connectivity index (χ2v) is 30.2. The first kappa shape index (κ1) is 48.7. The molecule has 8 fully saturated rings. The number of fused-ring (bicyclic) bond motifs is 3. The third kappa shape index (κ3) is 7.85. The lowest BCUT2D eigenvalue weighted by atomic mass is 9.49. The normalized spacial score (nSPS) is 25.1. The van der Waals surface area contributed by atoms with E-state index in [0.29, 0.717) is 0 Å². The summed E-state index contributed by atoms with van der Waals surface area (Å²) in [5.74, 6) is 7.75. The first-order valence-corrected chi connectivity index (χ1v) is 32.8. The molecule has 0 N–H and O–H groups in total. The van der Waals surface area contributed by atoms with E-state index in [0.717, 1.165) is 64.2 Å². The molecule has 2 aromatic heterocycles. The van der Waals surface area contributed by atoms with Crippen LogP contribution in [0, 0.1) is 35.5 Å². The van der Waals surface area contributed by atoms with Gasteiger partial charge in [-0.05, 0) is 203 Å². The Balaban J connectivity index is 0.927. The monoisotopic (exact) mass is 1080 g/mol. The molecule has 9 aromatic carbocycles. The van der Waals surface area contributed by atoms with Crippen LogP contribution in [0.25, 0.3) is 72.3 Å². The van der Waals surface area contributed by atoms with Crippen LogP contribution < -0.4 is 20.7 Å². The molecule has 0 unspecified atom stereocenters. The van der Waals surface area contributed by atoms with E-state index in [1.165, 1.54) is 153 Å². The number of aromatic nitrogens is 4. The molecule has 8 aliphatic rings. The van der Waals surface area contributed by atoms with Gasteiger partial charge in [-0.1, -0.05) is 194 Å². The van der Waals surface area contributed by atoms with Gasteiger partial charge in [0.1, 0.15) is 11.6 Å². The second-order valence-electron chi connectivity index (χ2n) is 26.4. The molecule has 82 heavy (non-hydrogen) atoms. The van der Waals surface area contributed by atoms with Crippen LogP contribution in [0.1, 0.15) is 88.7 Å². The van der Waals surface area contributed by atoms with Gasteiger partial charge in [0, 0.05) is 27.2 Å². The molecule has 8 saturated carbocycles. The molecule has 0 amide bonds. The maximum atomic E-state index is 6.04. The lowest BCUT2D eigenvalue weighted by molar-refractivity contribution is -0.0155. The van der Waals surface area contributed by atoms with Crippen molar-refractivity contribution in [3.63, 3.8) is 0 Å². The number of hydrogen-bond acceptors (Lipinski definition) is 3. The summed E-state index contributed by atoms with van der Waals surface area (Å²) in [4.78, 5) is 18.1. The molecule has 4 nitrogen and oxygen atoms in total. The van der Waals surface area contributed by atoms with E-state index in [1.807, 2.05) is 0 Å². The Morgan fingerprint density at radius 1 is 0.317 bits per heavy atom. The van der Waals surface area contributed by atoms with Crippen LogP contribution in [0.5, 0.6) is 0 Å². The van der Waals surface area contributed by atoms with Crippen LogP contribution in [0.15, 0.2) is 231 Å².